The maximum atomic E-state index is 13.7. The molecule has 0 saturated carbocycles. The first-order valence-corrected chi connectivity index (χ1v) is 9.55. The molecule has 1 saturated heterocycles. The van der Waals surface area contributed by atoms with Crippen LogP contribution in [0.25, 0.3) is 0 Å². The van der Waals surface area contributed by atoms with Crippen molar-refractivity contribution in [1.29, 1.82) is 0 Å². The molecule has 2 aromatic rings. The van der Waals surface area contributed by atoms with E-state index >= 15 is 0 Å². The van der Waals surface area contributed by atoms with E-state index < -0.39 is 35.5 Å². The van der Waals surface area contributed by atoms with Gasteiger partial charge in [-0.25, -0.2) is 8.78 Å². The summed E-state index contributed by atoms with van der Waals surface area (Å²) < 4.78 is 32.0. The fourth-order valence-corrected chi connectivity index (χ4v) is 3.62. The van der Waals surface area contributed by atoms with E-state index in [-0.39, 0.29) is 11.6 Å². The molecular formula is C22H22F2N2O4. The minimum atomic E-state index is -0.978. The Bertz CT molecular complexity index is 941. The molecule has 0 radical (unpaired) electrons. The summed E-state index contributed by atoms with van der Waals surface area (Å²) in [6, 6.07) is 11.8. The number of esters is 1. The van der Waals surface area contributed by atoms with Gasteiger partial charge in [-0.1, -0.05) is 30.3 Å². The highest BCUT2D eigenvalue weighted by molar-refractivity contribution is 5.94. The Kier molecular flexibility index (Phi) is 6.44. The van der Waals surface area contributed by atoms with Crippen LogP contribution in [0.2, 0.25) is 0 Å². The minimum absolute atomic E-state index is 0.0641. The highest BCUT2D eigenvalue weighted by atomic mass is 19.1. The summed E-state index contributed by atoms with van der Waals surface area (Å²) in [5, 5.41) is 2.26. The molecule has 0 atom stereocenters. The van der Waals surface area contributed by atoms with E-state index in [0.717, 1.165) is 17.7 Å². The van der Waals surface area contributed by atoms with Gasteiger partial charge in [-0.2, -0.15) is 0 Å². The number of nitrogens with zero attached hydrogens (tertiary/aromatic N) is 1. The molecule has 6 nitrogen and oxygen atoms in total. The van der Waals surface area contributed by atoms with Crippen molar-refractivity contribution in [1.82, 2.24) is 4.90 Å². The largest absolute Gasteiger partial charge is 0.455 e. The van der Waals surface area contributed by atoms with E-state index in [2.05, 4.69) is 5.32 Å². The third-order valence-electron chi connectivity index (χ3n) is 5.32. The van der Waals surface area contributed by atoms with Gasteiger partial charge in [-0.05, 0) is 30.5 Å². The van der Waals surface area contributed by atoms with Gasteiger partial charge >= 0.3 is 5.97 Å². The van der Waals surface area contributed by atoms with Gasteiger partial charge in [0.15, 0.2) is 6.61 Å². The van der Waals surface area contributed by atoms with Gasteiger partial charge in [0.25, 0.3) is 5.91 Å². The first-order chi connectivity index (χ1) is 14.3. The van der Waals surface area contributed by atoms with E-state index in [1.807, 2.05) is 30.3 Å². The predicted molar refractivity (Wildman–Crippen MR) is 106 cm³/mol. The molecule has 8 heteroatoms. The van der Waals surface area contributed by atoms with Crippen LogP contribution in [0.1, 0.15) is 25.3 Å². The SMILES string of the molecule is CC(=O)N1CCC(C(=O)OCC(=O)Nc2ccc(F)cc2F)(c2ccccc2)CC1. The average molecular weight is 416 g/mol. The smallest absolute Gasteiger partial charge is 0.317 e. The molecule has 0 spiro atoms. The summed E-state index contributed by atoms with van der Waals surface area (Å²) in [5.74, 6) is -3.07. The molecule has 0 bridgehead atoms. The Morgan fingerprint density at radius 3 is 2.33 bits per heavy atom. The fraction of sp³-hybridized carbons (Fsp3) is 0.318. The van der Waals surface area contributed by atoms with Crippen molar-refractivity contribution in [2.75, 3.05) is 25.0 Å². The number of carbonyl (C=O) groups is 3. The van der Waals surface area contributed by atoms with Crippen LogP contribution in [0.5, 0.6) is 0 Å². The fourth-order valence-electron chi connectivity index (χ4n) is 3.62. The lowest BCUT2D eigenvalue weighted by Crippen LogP contribution is -2.49. The lowest BCUT2D eigenvalue weighted by molar-refractivity contribution is -0.156. The van der Waals surface area contributed by atoms with Crippen molar-refractivity contribution >= 4 is 23.5 Å². The molecule has 2 amide bonds. The highest BCUT2D eigenvalue weighted by Gasteiger charge is 2.44. The molecule has 30 heavy (non-hydrogen) atoms. The van der Waals surface area contributed by atoms with Gasteiger partial charge < -0.3 is 15.0 Å². The zero-order chi connectivity index (χ0) is 21.7. The number of carbonyl (C=O) groups excluding carboxylic acids is 3. The molecule has 0 aliphatic carbocycles. The second-order valence-corrected chi connectivity index (χ2v) is 7.20. The first kappa shape index (κ1) is 21.4. The Balaban J connectivity index is 1.69. The number of amides is 2. The molecular weight excluding hydrogens is 394 g/mol. The lowest BCUT2D eigenvalue weighted by atomic mass is 9.72. The van der Waals surface area contributed by atoms with E-state index in [9.17, 15) is 23.2 Å². The molecule has 1 heterocycles. The van der Waals surface area contributed by atoms with Crippen molar-refractivity contribution in [3.05, 3.63) is 65.7 Å². The summed E-state index contributed by atoms with van der Waals surface area (Å²) in [7, 11) is 0. The van der Waals surface area contributed by atoms with E-state index in [4.69, 9.17) is 4.74 Å². The van der Waals surface area contributed by atoms with Crippen LogP contribution in [0.4, 0.5) is 14.5 Å². The number of likely N-dealkylation sites (tertiary alicyclic amines) is 1. The average Bonchev–Trinajstić information content (AvgIpc) is 2.74. The summed E-state index contributed by atoms with van der Waals surface area (Å²) in [6.45, 7) is 1.66. The van der Waals surface area contributed by atoms with Crippen LogP contribution >= 0.6 is 0 Å². The highest BCUT2D eigenvalue weighted by Crippen LogP contribution is 2.37. The second kappa shape index (κ2) is 9.02. The summed E-state index contributed by atoms with van der Waals surface area (Å²) in [4.78, 5) is 38.5. The molecule has 1 aliphatic rings. The standard InChI is InChI=1S/C22H22F2N2O4/c1-15(27)26-11-9-22(10-12-26,16-5-3-2-4-6-16)21(29)30-14-20(28)25-19-8-7-17(23)13-18(19)24/h2-8,13H,9-12,14H2,1H3,(H,25,28). The maximum absolute atomic E-state index is 13.7. The second-order valence-electron chi connectivity index (χ2n) is 7.20. The zero-order valence-corrected chi connectivity index (χ0v) is 16.5. The number of nitrogens with one attached hydrogen (secondary N) is 1. The number of halogens is 2. The third kappa shape index (κ3) is 4.64. The van der Waals surface area contributed by atoms with Crippen molar-refractivity contribution in [3.8, 4) is 0 Å². The molecule has 158 valence electrons. The van der Waals surface area contributed by atoms with Gasteiger partial charge in [0.1, 0.15) is 11.6 Å². The van der Waals surface area contributed by atoms with Crippen LogP contribution in [0.15, 0.2) is 48.5 Å². The summed E-state index contributed by atoms with van der Waals surface area (Å²) in [6.07, 6.45) is 0.729. The monoisotopic (exact) mass is 416 g/mol. The molecule has 0 aromatic heterocycles. The van der Waals surface area contributed by atoms with Crippen molar-refractivity contribution in [3.63, 3.8) is 0 Å². The quantitative estimate of drug-likeness (QED) is 0.761. The van der Waals surface area contributed by atoms with Gasteiger partial charge in [0, 0.05) is 26.1 Å². The minimum Gasteiger partial charge on any atom is -0.455 e. The van der Waals surface area contributed by atoms with Crippen LogP contribution < -0.4 is 5.32 Å². The number of ether oxygens (including phenoxy) is 1. The molecule has 1 fully saturated rings. The molecule has 2 aromatic carbocycles. The predicted octanol–water partition coefficient (Wildman–Crippen LogP) is 3.03. The van der Waals surface area contributed by atoms with E-state index in [1.54, 1.807) is 4.90 Å². The van der Waals surface area contributed by atoms with Gasteiger partial charge in [0.05, 0.1) is 11.1 Å². The van der Waals surface area contributed by atoms with Gasteiger partial charge in [0.2, 0.25) is 5.91 Å². The Morgan fingerprint density at radius 1 is 1.07 bits per heavy atom. The zero-order valence-electron chi connectivity index (χ0n) is 16.5. The van der Waals surface area contributed by atoms with Crippen LogP contribution in [-0.2, 0) is 24.5 Å². The Hall–Kier alpha value is -3.29. The number of anilines is 1. The van der Waals surface area contributed by atoms with Crippen LogP contribution in [-0.4, -0.2) is 42.4 Å². The number of hydrogen-bond acceptors (Lipinski definition) is 4. The van der Waals surface area contributed by atoms with Crippen molar-refractivity contribution < 1.29 is 27.9 Å². The Morgan fingerprint density at radius 2 is 1.73 bits per heavy atom. The Labute approximate surface area is 172 Å². The van der Waals surface area contributed by atoms with Crippen LogP contribution in [0, 0.1) is 11.6 Å². The van der Waals surface area contributed by atoms with E-state index in [0.29, 0.717) is 32.0 Å². The number of rotatable bonds is 5. The molecule has 1 N–H and O–H groups in total. The third-order valence-corrected chi connectivity index (χ3v) is 5.32. The van der Waals surface area contributed by atoms with Crippen molar-refractivity contribution in [2.45, 2.75) is 25.2 Å². The van der Waals surface area contributed by atoms with Gasteiger partial charge in [-0.3, -0.25) is 14.4 Å². The number of hydrogen-bond donors (Lipinski definition) is 1. The number of piperidine rings is 1. The van der Waals surface area contributed by atoms with Crippen molar-refractivity contribution in [2.24, 2.45) is 0 Å². The first-order valence-electron chi connectivity index (χ1n) is 9.55. The molecule has 0 unspecified atom stereocenters. The van der Waals surface area contributed by atoms with E-state index in [1.165, 1.54) is 6.92 Å². The maximum Gasteiger partial charge on any atom is 0.317 e. The number of benzene rings is 2. The molecule has 3 rings (SSSR count). The van der Waals surface area contributed by atoms with Crippen LogP contribution in [0.3, 0.4) is 0 Å². The molecule has 1 aliphatic heterocycles. The lowest BCUT2D eigenvalue weighted by Gasteiger charge is -2.40. The normalized spacial score (nSPS) is 15.4. The van der Waals surface area contributed by atoms with Gasteiger partial charge in [-0.15, -0.1) is 0 Å². The summed E-state index contributed by atoms with van der Waals surface area (Å²) in [5.41, 5.74) is -0.428. The summed E-state index contributed by atoms with van der Waals surface area (Å²) >= 11 is 0. The topological polar surface area (TPSA) is 75.7 Å².